The maximum absolute atomic E-state index is 12.7. The van der Waals surface area contributed by atoms with Gasteiger partial charge in [-0.1, -0.05) is 43.1 Å². The predicted molar refractivity (Wildman–Crippen MR) is 138 cm³/mol. The van der Waals surface area contributed by atoms with Crippen molar-refractivity contribution in [1.29, 1.82) is 0 Å². The minimum atomic E-state index is -3.85. The zero-order valence-corrected chi connectivity index (χ0v) is 21.8. The van der Waals surface area contributed by atoms with Crippen LogP contribution in [0.25, 0.3) is 0 Å². The summed E-state index contributed by atoms with van der Waals surface area (Å²) in [6.45, 7) is 6.09. The quantitative estimate of drug-likeness (QED) is 0.411. The number of carbonyl (C=O) groups is 1. The van der Waals surface area contributed by atoms with Crippen LogP contribution in [0.1, 0.15) is 29.8 Å². The van der Waals surface area contributed by atoms with Gasteiger partial charge in [-0.05, 0) is 61.5 Å². The Balaban J connectivity index is 1.73. The van der Waals surface area contributed by atoms with E-state index in [-0.39, 0.29) is 26.1 Å². The SMILES string of the molecule is CCN(CC)S(=O)(=O)c1ccc(NC(=O)c2ccc(NS(=O)(=O)c3ccc(C)cc3)c(Cl)c2)cc1. The van der Waals surface area contributed by atoms with Crippen molar-refractivity contribution in [2.45, 2.75) is 30.6 Å². The zero-order valence-electron chi connectivity index (χ0n) is 19.4. The maximum Gasteiger partial charge on any atom is 0.261 e. The Morgan fingerprint density at radius 1 is 0.857 bits per heavy atom. The number of amides is 1. The highest BCUT2D eigenvalue weighted by Crippen LogP contribution is 2.27. The van der Waals surface area contributed by atoms with Gasteiger partial charge in [-0.15, -0.1) is 0 Å². The van der Waals surface area contributed by atoms with Gasteiger partial charge in [0.1, 0.15) is 0 Å². The second-order valence-electron chi connectivity index (χ2n) is 7.68. The van der Waals surface area contributed by atoms with E-state index in [9.17, 15) is 21.6 Å². The highest BCUT2D eigenvalue weighted by Gasteiger charge is 2.21. The van der Waals surface area contributed by atoms with Crippen molar-refractivity contribution in [2.75, 3.05) is 23.1 Å². The summed E-state index contributed by atoms with van der Waals surface area (Å²) in [5.41, 5.74) is 1.66. The van der Waals surface area contributed by atoms with Gasteiger partial charge in [0.2, 0.25) is 10.0 Å². The van der Waals surface area contributed by atoms with Gasteiger partial charge < -0.3 is 5.32 Å². The lowest BCUT2D eigenvalue weighted by molar-refractivity contribution is 0.102. The number of nitrogens with zero attached hydrogens (tertiary/aromatic N) is 1. The number of halogens is 1. The zero-order chi connectivity index (χ0) is 25.8. The largest absolute Gasteiger partial charge is 0.322 e. The third-order valence-corrected chi connectivity index (χ3v) is 9.02. The normalized spacial score (nSPS) is 11.9. The summed E-state index contributed by atoms with van der Waals surface area (Å²) in [6.07, 6.45) is 0. The Labute approximate surface area is 211 Å². The van der Waals surface area contributed by atoms with Gasteiger partial charge in [-0.25, -0.2) is 16.8 Å². The molecule has 0 saturated heterocycles. The van der Waals surface area contributed by atoms with E-state index in [1.165, 1.54) is 58.9 Å². The van der Waals surface area contributed by atoms with Crippen molar-refractivity contribution in [1.82, 2.24) is 4.31 Å². The van der Waals surface area contributed by atoms with Crippen LogP contribution in [0, 0.1) is 6.92 Å². The molecule has 186 valence electrons. The van der Waals surface area contributed by atoms with Gasteiger partial charge in [0.05, 0.1) is 20.5 Å². The Kier molecular flexibility index (Phi) is 8.22. The van der Waals surface area contributed by atoms with Crippen LogP contribution in [0.3, 0.4) is 0 Å². The number of rotatable bonds is 9. The van der Waals surface area contributed by atoms with Crippen LogP contribution in [0.5, 0.6) is 0 Å². The van der Waals surface area contributed by atoms with Crippen LogP contribution < -0.4 is 10.0 Å². The maximum atomic E-state index is 12.7. The number of hydrogen-bond acceptors (Lipinski definition) is 5. The first-order valence-corrected chi connectivity index (χ1v) is 14.1. The third-order valence-electron chi connectivity index (χ3n) is 5.26. The molecule has 35 heavy (non-hydrogen) atoms. The van der Waals surface area contributed by atoms with Crippen LogP contribution in [-0.4, -0.2) is 40.1 Å². The molecule has 0 radical (unpaired) electrons. The van der Waals surface area contributed by atoms with E-state index >= 15 is 0 Å². The number of nitrogens with one attached hydrogen (secondary N) is 2. The van der Waals surface area contributed by atoms with Crippen LogP contribution >= 0.6 is 11.6 Å². The third kappa shape index (κ3) is 6.21. The molecule has 1 amide bonds. The van der Waals surface area contributed by atoms with E-state index < -0.39 is 26.0 Å². The smallest absolute Gasteiger partial charge is 0.261 e. The molecule has 3 aromatic carbocycles. The van der Waals surface area contributed by atoms with Crippen molar-refractivity contribution in [3.05, 3.63) is 82.9 Å². The molecule has 0 saturated carbocycles. The molecule has 0 aliphatic rings. The predicted octanol–water partition coefficient (Wildman–Crippen LogP) is 4.73. The van der Waals surface area contributed by atoms with Crippen molar-refractivity contribution in [3.8, 4) is 0 Å². The molecule has 0 aliphatic heterocycles. The van der Waals surface area contributed by atoms with Gasteiger partial charge in [0.15, 0.2) is 0 Å². The fraction of sp³-hybridized carbons (Fsp3) is 0.208. The lowest BCUT2D eigenvalue weighted by Crippen LogP contribution is -2.30. The van der Waals surface area contributed by atoms with E-state index in [0.29, 0.717) is 18.8 Å². The Bertz CT molecular complexity index is 1420. The summed E-state index contributed by atoms with van der Waals surface area (Å²) in [6, 6.07) is 16.4. The number of benzene rings is 3. The lowest BCUT2D eigenvalue weighted by Gasteiger charge is -2.18. The van der Waals surface area contributed by atoms with Crippen molar-refractivity contribution in [3.63, 3.8) is 0 Å². The second kappa shape index (κ2) is 10.8. The number of hydrogen-bond donors (Lipinski definition) is 2. The van der Waals surface area contributed by atoms with E-state index in [2.05, 4.69) is 10.0 Å². The molecular weight excluding hydrogens is 510 g/mol. The molecule has 3 rings (SSSR count). The van der Waals surface area contributed by atoms with Crippen LogP contribution in [0.4, 0.5) is 11.4 Å². The Morgan fingerprint density at radius 3 is 1.97 bits per heavy atom. The molecular formula is C24H26ClN3O5S2. The van der Waals surface area contributed by atoms with Crippen LogP contribution in [0.2, 0.25) is 5.02 Å². The van der Waals surface area contributed by atoms with E-state index in [1.807, 2.05) is 6.92 Å². The first-order valence-electron chi connectivity index (χ1n) is 10.8. The minimum Gasteiger partial charge on any atom is -0.322 e. The Hall–Kier alpha value is -2.92. The van der Waals surface area contributed by atoms with Gasteiger partial charge in [0, 0.05) is 24.3 Å². The molecule has 0 aromatic heterocycles. The highest BCUT2D eigenvalue weighted by atomic mass is 35.5. The van der Waals surface area contributed by atoms with Gasteiger partial charge >= 0.3 is 0 Å². The standard InChI is InChI=1S/C24H26ClN3O5S2/c1-4-28(5-2)35(32,33)21-13-9-19(10-14-21)26-24(29)18-8-15-23(22(25)16-18)27-34(30,31)20-11-6-17(3)7-12-20/h6-16,27H,4-5H2,1-3H3,(H,26,29). The van der Waals surface area contributed by atoms with Crippen molar-refractivity contribution >= 4 is 48.9 Å². The molecule has 8 nitrogen and oxygen atoms in total. The molecule has 0 fully saturated rings. The highest BCUT2D eigenvalue weighted by molar-refractivity contribution is 7.92. The molecule has 0 aliphatic carbocycles. The van der Waals surface area contributed by atoms with E-state index in [4.69, 9.17) is 11.6 Å². The van der Waals surface area contributed by atoms with E-state index in [1.54, 1.807) is 26.0 Å². The number of anilines is 2. The van der Waals surface area contributed by atoms with Crippen LogP contribution in [-0.2, 0) is 20.0 Å². The summed E-state index contributed by atoms with van der Waals surface area (Å²) in [5, 5.41) is 2.73. The number of carbonyl (C=O) groups excluding carboxylic acids is 1. The van der Waals surface area contributed by atoms with E-state index in [0.717, 1.165) is 5.56 Å². The fourth-order valence-electron chi connectivity index (χ4n) is 3.29. The topological polar surface area (TPSA) is 113 Å². The first kappa shape index (κ1) is 26.7. The summed E-state index contributed by atoms with van der Waals surface area (Å²) in [4.78, 5) is 12.9. The van der Waals surface area contributed by atoms with Crippen molar-refractivity contribution in [2.24, 2.45) is 0 Å². The summed E-state index contributed by atoms with van der Waals surface area (Å²) < 4.78 is 54.2. The number of sulfonamides is 2. The summed E-state index contributed by atoms with van der Waals surface area (Å²) in [5.74, 6) is -0.487. The monoisotopic (exact) mass is 535 g/mol. The average Bonchev–Trinajstić information content (AvgIpc) is 2.81. The number of aryl methyl sites for hydroxylation is 1. The van der Waals surface area contributed by atoms with Gasteiger partial charge in [-0.2, -0.15) is 4.31 Å². The van der Waals surface area contributed by atoms with Gasteiger partial charge in [0.25, 0.3) is 15.9 Å². The molecule has 2 N–H and O–H groups in total. The molecule has 0 atom stereocenters. The fourth-order valence-corrected chi connectivity index (χ4v) is 6.11. The Morgan fingerprint density at radius 2 is 1.43 bits per heavy atom. The molecule has 0 heterocycles. The average molecular weight is 536 g/mol. The summed E-state index contributed by atoms with van der Waals surface area (Å²) in [7, 11) is -7.45. The van der Waals surface area contributed by atoms with Crippen molar-refractivity contribution < 1.29 is 21.6 Å². The molecule has 3 aromatic rings. The van der Waals surface area contributed by atoms with Crippen LogP contribution in [0.15, 0.2) is 76.5 Å². The molecule has 0 spiro atoms. The first-order chi connectivity index (χ1) is 16.5. The lowest BCUT2D eigenvalue weighted by atomic mass is 10.2. The molecule has 0 unspecified atom stereocenters. The summed E-state index contributed by atoms with van der Waals surface area (Å²) >= 11 is 6.24. The van der Waals surface area contributed by atoms with Gasteiger partial charge in [-0.3, -0.25) is 9.52 Å². The second-order valence-corrected chi connectivity index (χ2v) is 11.7. The minimum absolute atomic E-state index is 0.0500. The molecule has 11 heteroatoms. The molecule has 0 bridgehead atoms.